The SMILES string of the molecule is CC(C)COC(=O)N1CCC[C@]2(CCC(=O)N(Cc3ccccn3)C2)C1. The fourth-order valence-corrected chi connectivity index (χ4v) is 3.96. The predicted molar refractivity (Wildman–Crippen MR) is 98.3 cm³/mol. The van der Waals surface area contributed by atoms with Crippen molar-refractivity contribution in [3.63, 3.8) is 0 Å². The molecule has 6 nitrogen and oxygen atoms in total. The van der Waals surface area contributed by atoms with E-state index in [1.807, 2.05) is 41.8 Å². The van der Waals surface area contributed by atoms with E-state index < -0.39 is 0 Å². The van der Waals surface area contributed by atoms with Crippen LogP contribution in [0.25, 0.3) is 0 Å². The molecule has 3 rings (SSSR count). The molecular weight excluding hydrogens is 330 g/mol. The van der Waals surface area contributed by atoms with Gasteiger partial charge >= 0.3 is 6.09 Å². The number of hydrogen-bond donors (Lipinski definition) is 0. The molecule has 2 fully saturated rings. The maximum atomic E-state index is 12.4. The fraction of sp³-hybridized carbons (Fsp3) is 0.650. The number of carbonyl (C=O) groups excluding carboxylic acids is 2. The minimum absolute atomic E-state index is 0.0161. The summed E-state index contributed by atoms with van der Waals surface area (Å²) in [6.45, 7) is 7.17. The molecule has 1 atom stereocenters. The zero-order valence-electron chi connectivity index (χ0n) is 15.8. The number of carbonyl (C=O) groups is 2. The Morgan fingerprint density at radius 1 is 1.31 bits per heavy atom. The van der Waals surface area contributed by atoms with Crippen molar-refractivity contribution in [2.24, 2.45) is 11.3 Å². The summed E-state index contributed by atoms with van der Waals surface area (Å²) in [5, 5.41) is 0. The van der Waals surface area contributed by atoms with E-state index in [2.05, 4.69) is 4.98 Å². The normalized spacial score (nSPS) is 23.6. The number of hydrogen-bond acceptors (Lipinski definition) is 4. The molecule has 1 aromatic heterocycles. The minimum Gasteiger partial charge on any atom is -0.449 e. The van der Waals surface area contributed by atoms with E-state index in [0.29, 0.717) is 38.6 Å². The number of piperidine rings is 2. The summed E-state index contributed by atoms with van der Waals surface area (Å²) < 4.78 is 5.42. The molecule has 0 radical (unpaired) electrons. The summed E-state index contributed by atoms with van der Waals surface area (Å²) in [4.78, 5) is 32.9. The molecule has 2 amide bonds. The summed E-state index contributed by atoms with van der Waals surface area (Å²) >= 11 is 0. The van der Waals surface area contributed by atoms with Gasteiger partial charge in [0.25, 0.3) is 0 Å². The second-order valence-corrected chi connectivity index (χ2v) is 8.07. The van der Waals surface area contributed by atoms with Gasteiger partial charge in [-0.1, -0.05) is 19.9 Å². The number of ether oxygens (including phenoxy) is 1. The standard InChI is InChI=1S/C20H29N3O3/c1-16(2)13-26-19(25)22-11-5-8-20(14-22)9-7-18(24)23(15-20)12-17-6-3-4-10-21-17/h3-4,6,10,16H,5,7-9,11-15H2,1-2H3/t20-/m0/s1. The highest BCUT2D eigenvalue weighted by Gasteiger charge is 2.43. The van der Waals surface area contributed by atoms with E-state index >= 15 is 0 Å². The number of amides is 2. The minimum atomic E-state index is -0.217. The van der Waals surface area contributed by atoms with Gasteiger partial charge in [0, 0.05) is 37.7 Å². The molecule has 26 heavy (non-hydrogen) atoms. The first kappa shape index (κ1) is 18.7. The number of pyridine rings is 1. The third-order valence-corrected chi connectivity index (χ3v) is 5.29. The largest absolute Gasteiger partial charge is 0.449 e. The quantitative estimate of drug-likeness (QED) is 0.829. The van der Waals surface area contributed by atoms with Gasteiger partial charge in [0.2, 0.25) is 5.91 Å². The van der Waals surface area contributed by atoms with Gasteiger partial charge in [-0.3, -0.25) is 9.78 Å². The summed E-state index contributed by atoms with van der Waals surface area (Å²) in [6.07, 6.45) is 4.94. The lowest BCUT2D eigenvalue weighted by Crippen LogP contribution is -2.55. The van der Waals surface area contributed by atoms with Gasteiger partial charge in [-0.15, -0.1) is 0 Å². The van der Waals surface area contributed by atoms with E-state index in [0.717, 1.165) is 31.5 Å². The van der Waals surface area contributed by atoms with Crippen LogP contribution in [0.15, 0.2) is 24.4 Å². The number of rotatable bonds is 4. The Kier molecular flexibility index (Phi) is 5.79. The van der Waals surface area contributed by atoms with Gasteiger partial charge in [0.05, 0.1) is 18.8 Å². The van der Waals surface area contributed by atoms with Gasteiger partial charge in [-0.2, -0.15) is 0 Å². The lowest BCUT2D eigenvalue weighted by molar-refractivity contribution is -0.140. The van der Waals surface area contributed by atoms with Crippen molar-refractivity contribution >= 4 is 12.0 Å². The highest BCUT2D eigenvalue weighted by Crippen LogP contribution is 2.39. The molecule has 2 aliphatic rings. The van der Waals surface area contributed by atoms with Crippen LogP contribution in [0.5, 0.6) is 0 Å². The van der Waals surface area contributed by atoms with Crippen LogP contribution >= 0.6 is 0 Å². The average Bonchev–Trinajstić information content (AvgIpc) is 2.64. The van der Waals surface area contributed by atoms with E-state index in [1.165, 1.54) is 0 Å². The molecule has 1 spiro atoms. The second-order valence-electron chi connectivity index (χ2n) is 8.07. The van der Waals surface area contributed by atoms with Gasteiger partial charge < -0.3 is 14.5 Å². The first-order chi connectivity index (χ1) is 12.5. The van der Waals surface area contributed by atoms with Crippen LogP contribution in [0, 0.1) is 11.3 Å². The number of nitrogens with zero attached hydrogens (tertiary/aromatic N) is 3. The molecule has 3 heterocycles. The molecule has 6 heteroatoms. The van der Waals surface area contributed by atoms with Crippen molar-refractivity contribution in [3.05, 3.63) is 30.1 Å². The molecule has 142 valence electrons. The monoisotopic (exact) mass is 359 g/mol. The van der Waals surface area contributed by atoms with E-state index in [9.17, 15) is 9.59 Å². The Bertz CT molecular complexity index is 634. The molecule has 0 aromatic carbocycles. The van der Waals surface area contributed by atoms with E-state index in [1.54, 1.807) is 6.20 Å². The number of aromatic nitrogens is 1. The van der Waals surface area contributed by atoms with Crippen LogP contribution < -0.4 is 0 Å². The maximum Gasteiger partial charge on any atom is 0.409 e. The maximum absolute atomic E-state index is 12.4. The zero-order chi connectivity index (χ0) is 18.6. The van der Waals surface area contributed by atoms with Gasteiger partial charge in [-0.05, 0) is 37.3 Å². The van der Waals surface area contributed by atoms with Gasteiger partial charge in [-0.25, -0.2) is 4.79 Å². The summed E-state index contributed by atoms with van der Waals surface area (Å²) in [5.41, 5.74) is 0.888. The van der Waals surface area contributed by atoms with Crippen LogP contribution in [0.1, 0.15) is 45.2 Å². The van der Waals surface area contributed by atoms with Crippen molar-refractivity contribution in [1.82, 2.24) is 14.8 Å². The van der Waals surface area contributed by atoms with Crippen molar-refractivity contribution in [1.29, 1.82) is 0 Å². The molecule has 1 aromatic rings. The Morgan fingerprint density at radius 3 is 2.88 bits per heavy atom. The molecule has 0 unspecified atom stereocenters. The molecule has 0 aliphatic carbocycles. The summed E-state index contributed by atoms with van der Waals surface area (Å²) in [5.74, 6) is 0.514. The first-order valence-electron chi connectivity index (χ1n) is 9.57. The number of likely N-dealkylation sites (tertiary alicyclic amines) is 2. The van der Waals surface area contributed by atoms with Crippen molar-refractivity contribution < 1.29 is 14.3 Å². The second kappa shape index (κ2) is 8.06. The molecule has 0 N–H and O–H groups in total. The fourth-order valence-electron chi connectivity index (χ4n) is 3.96. The summed E-state index contributed by atoms with van der Waals surface area (Å²) in [6, 6.07) is 5.77. The van der Waals surface area contributed by atoms with Crippen LogP contribution in [-0.4, -0.2) is 53.0 Å². The Labute approximate surface area is 155 Å². The Balaban J connectivity index is 1.64. The lowest BCUT2D eigenvalue weighted by atomic mass is 9.73. The van der Waals surface area contributed by atoms with Crippen molar-refractivity contribution in [3.8, 4) is 0 Å². The third-order valence-electron chi connectivity index (χ3n) is 5.29. The summed E-state index contributed by atoms with van der Waals surface area (Å²) in [7, 11) is 0. The molecular formula is C20H29N3O3. The highest BCUT2D eigenvalue weighted by molar-refractivity contribution is 5.77. The Hall–Kier alpha value is -2.11. The topological polar surface area (TPSA) is 62.7 Å². The third kappa shape index (κ3) is 4.54. The predicted octanol–water partition coefficient (Wildman–Crippen LogP) is 3.08. The molecule has 0 saturated carbocycles. The first-order valence-corrected chi connectivity index (χ1v) is 9.57. The highest BCUT2D eigenvalue weighted by atomic mass is 16.6. The van der Waals surface area contributed by atoms with E-state index in [4.69, 9.17) is 4.74 Å². The van der Waals surface area contributed by atoms with Crippen LogP contribution in [0.2, 0.25) is 0 Å². The molecule has 0 bridgehead atoms. The van der Waals surface area contributed by atoms with Crippen molar-refractivity contribution in [2.75, 3.05) is 26.2 Å². The Morgan fingerprint density at radius 2 is 2.15 bits per heavy atom. The smallest absolute Gasteiger partial charge is 0.409 e. The average molecular weight is 359 g/mol. The lowest BCUT2D eigenvalue weighted by Gasteiger charge is -2.47. The van der Waals surface area contributed by atoms with Gasteiger partial charge in [0.15, 0.2) is 0 Å². The van der Waals surface area contributed by atoms with Crippen LogP contribution in [0.4, 0.5) is 4.79 Å². The van der Waals surface area contributed by atoms with Gasteiger partial charge in [0.1, 0.15) is 0 Å². The van der Waals surface area contributed by atoms with Crippen LogP contribution in [0.3, 0.4) is 0 Å². The van der Waals surface area contributed by atoms with Crippen molar-refractivity contribution in [2.45, 2.75) is 46.1 Å². The zero-order valence-corrected chi connectivity index (χ0v) is 15.8. The molecule has 2 saturated heterocycles. The van der Waals surface area contributed by atoms with Crippen LogP contribution in [-0.2, 0) is 16.1 Å². The molecule has 2 aliphatic heterocycles. The van der Waals surface area contributed by atoms with E-state index in [-0.39, 0.29) is 17.4 Å².